The van der Waals surface area contributed by atoms with Crippen LogP contribution in [-0.2, 0) is 9.59 Å². The lowest BCUT2D eigenvalue weighted by Gasteiger charge is -2.13. The Hall–Kier alpha value is -2.91. The summed E-state index contributed by atoms with van der Waals surface area (Å²) < 4.78 is 0. The SMILES string of the molecule is CCN1C(=O)C(CC(=O)Nc2ccccc2[N+](=O)[O-])SC1=Nc1ccc(Cl)cc1. The maximum Gasteiger partial charge on any atom is 0.292 e. The van der Waals surface area contributed by atoms with Gasteiger partial charge >= 0.3 is 0 Å². The van der Waals surface area contributed by atoms with Crippen LogP contribution in [0.3, 0.4) is 0 Å². The molecule has 1 saturated heterocycles. The van der Waals surface area contributed by atoms with E-state index in [1.165, 1.54) is 34.9 Å². The predicted octanol–water partition coefficient (Wildman–Crippen LogP) is 4.23. The smallest absolute Gasteiger partial charge is 0.292 e. The van der Waals surface area contributed by atoms with Crippen molar-refractivity contribution in [3.8, 4) is 0 Å². The number of rotatable bonds is 6. The van der Waals surface area contributed by atoms with E-state index < -0.39 is 16.1 Å². The Morgan fingerprint density at radius 3 is 2.62 bits per heavy atom. The minimum absolute atomic E-state index is 0.0975. The number of nitrogens with one attached hydrogen (secondary N) is 1. The van der Waals surface area contributed by atoms with Gasteiger partial charge in [0.1, 0.15) is 10.9 Å². The summed E-state index contributed by atoms with van der Waals surface area (Å²) >= 11 is 7.08. The number of carbonyl (C=O) groups excluding carboxylic acids is 2. The first-order valence-corrected chi connectivity index (χ1v) is 10.0. The first-order valence-electron chi connectivity index (χ1n) is 8.74. The summed E-state index contributed by atoms with van der Waals surface area (Å²) in [4.78, 5) is 41.6. The predicted molar refractivity (Wildman–Crippen MR) is 114 cm³/mol. The van der Waals surface area contributed by atoms with Crippen LogP contribution in [0.5, 0.6) is 0 Å². The van der Waals surface area contributed by atoms with Gasteiger partial charge in [0.25, 0.3) is 5.69 Å². The number of carbonyl (C=O) groups is 2. The quantitative estimate of drug-likeness (QED) is 0.543. The van der Waals surface area contributed by atoms with Crippen molar-refractivity contribution in [2.75, 3.05) is 11.9 Å². The fraction of sp³-hybridized carbons (Fsp3) is 0.211. The number of nitro groups is 1. The van der Waals surface area contributed by atoms with Crippen LogP contribution in [0.4, 0.5) is 17.1 Å². The van der Waals surface area contributed by atoms with Gasteiger partial charge in [-0.15, -0.1) is 0 Å². The molecule has 0 saturated carbocycles. The van der Waals surface area contributed by atoms with E-state index in [2.05, 4.69) is 10.3 Å². The Kier molecular flexibility index (Phi) is 6.50. The van der Waals surface area contributed by atoms with Crippen molar-refractivity contribution in [1.29, 1.82) is 0 Å². The van der Waals surface area contributed by atoms with Gasteiger partial charge in [-0.2, -0.15) is 0 Å². The zero-order valence-corrected chi connectivity index (χ0v) is 16.9. The summed E-state index contributed by atoms with van der Waals surface area (Å²) in [5, 5.41) is 14.0. The lowest BCUT2D eigenvalue weighted by molar-refractivity contribution is -0.383. The van der Waals surface area contributed by atoms with Gasteiger partial charge < -0.3 is 5.32 Å². The highest BCUT2D eigenvalue weighted by atomic mass is 35.5. The molecule has 1 unspecified atom stereocenters. The van der Waals surface area contributed by atoms with Crippen LogP contribution >= 0.6 is 23.4 Å². The Balaban J connectivity index is 1.73. The number of halogens is 1. The van der Waals surface area contributed by atoms with Gasteiger partial charge in [-0.05, 0) is 37.3 Å². The van der Waals surface area contributed by atoms with E-state index in [1.54, 1.807) is 30.3 Å². The zero-order chi connectivity index (χ0) is 21.0. The fourth-order valence-electron chi connectivity index (χ4n) is 2.75. The second kappa shape index (κ2) is 9.06. The topological polar surface area (TPSA) is 105 Å². The van der Waals surface area contributed by atoms with E-state index in [1.807, 2.05) is 6.92 Å². The summed E-state index contributed by atoms with van der Waals surface area (Å²) in [6.07, 6.45) is -0.119. The molecule has 1 aliphatic rings. The molecule has 1 atom stereocenters. The molecule has 1 N–H and O–H groups in total. The second-order valence-electron chi connectivity index (χ2n) is 6.09. The van der Waals surface area contributed by atoms with Crippen molar-refractivity contribution < 1.29 is 14.5 Å². The van der Waals surface area contributed by atoms with E-state index in [4.69, 9.17) is 11.6 Å². The number of hydrogen-bond donors (Lipinski definition) is 1. The molecule has 2 amide bonds. The van der Waals surface area contributed by atoms with Gasteiger partial charge in [0.2, 0.25) is 11.8 Å². The standard InChI is InChI=1S/C19H17ClN4O4S/c1-2-23-18(26)16(29-19(23)21-13-9-7-12(20)8-10-13)11-17(25)22-14-5-3-4-6-15(14)24(27)28/h3-10,16H,2,11H2,1H3,(H,22,25). The molecule has 0 spiro atoms. The third kappa shape index (κ3) is 4.93. The summed E-state index contributed by atoms with van der Waals surface area (Å²) in [7, 11) is 0. The molecule has 2 aromatic carbocycles. The van der Waals surface area contributed by atoms with Crippen molar-refractivity contribution in [3.05, 3.63) is 63.7 Å². The zero-order valence-electron chi connectivity index (χ0n) is 15.4. The lowest BCUT2D eigenvalue weighted by atomic mass is 10.2. The van der Waals surface area contributed by atoms with E-state index >= 15 is 0 Å². The van der Waals surface area contributed by atoms with Gasteiger partial charge in [-0.25, -0.2) is 4.99 Å². The fourth-order valence-corrected chi connectivity index (χ4v) is 4.10. The van der Waals surface area contributed by atoms with Crippen LogP contribution < -0.4 is 5.32 Å². The molecule has 10 heteroatoms. The minimum Gasteiger partial charge on any atom is -0.320 e. The molecule has 1 heterocycles. The normalized spacial score (nSPS) is 17.6. The van der Waals surface area contributed by atoms with Crippen molar-refractivity contribution in [2.45, 2.75) is 18.6 Å². The third-order valence-electron chi connectivity index (χ3n) is 4.13. The van der Waals surface area contributed by atoms with Crippen LogP contribution in [0.15, 0.2) is 53.5 Å². The highest BCUT2D eigenvalue weighted by Gasteiger charge is 2.38. The Morgan fingerprint density at radius 1 is 1.28 bits per heavy atom. The first-order chi connectivity index (χ1) is 13.9. The number of thioether (sulfide) groups is 1. The van der Waals surface area contributed by atoms with Crippen LogP contribution in [0.25, 0.3) is 0 Å². The van der Waals surface area contributed by atoms with Gasteiger partial charge in [-0.3, -0.25) is 24.6 Å². The lowest BCUT2D eigenvalue weighted by Crippen LogP contribution is -2.33. The van der Waals surface area contributed by atoms with Crippen molar-refractivity contribution in [3.63, 3.8) is 0 Å². The second-order valence-corrected chi connectivity index (χ2v) is 7.69. The number of amidine groups is 1. The monoisotopic (exact) mass is 432 g/mol. The van der Waals surface area contributed by atoms with Crippen molar-refractivity contribution in [1.82, 2.24) is 4.90 Å². The number of hydrogen-bond acceptors (Lipinski definition) is 6. The Labute approximate surface area is 176 Å². The molecule has 0 radical (unpaired) electrons. The van der Waals surface area contributed by atoms with E-state index in [0.717, 1.165) is 0 Å². The summed E-state index contributed by atoms with van der Waals surface area (Å²) in [5.74, 6) is -0.697. The molecule has 29 heavy (non-hydrogen) atoms. The number of para-hydroxylation sites is 2. The largest absolute Gasteiger partial charge is 0.320 e. The van der Waals surface area contributed by atoms with E-state index in [-0.39, 0.29) is 23.7 Å². The number of benzene rings is 2. The average Bonchev–Trinajstić information content (AvgIpc) is 2.98. The molecule has 8 nitrogen and oxygen atoms in total. The highest BCUT2D eigenvalue weighted by molar-refractivity contribution is 8.15. The van der Waals surface area contributed by atoms with Crippen LogP contribution in [0, 0.1) is 10.1 Å². The molecule has 1 aliphatic heterocycles. The molecule has 0 aromatic heterocycles. The van der Waals surface area contributed by atoms with Gasteiger partial charge in [-0.1, -0.05) is 35.5 Å². The van der Waals surface area contributed by atoms with Crippen LogP contribution in [0.1, 0.15) is 13.3 Å². The first kappa shape index (κ1) is 20.8. The minimum atomic E-state index is -0.649. The van der Waals surface area contributed by atoms with Crippen molar-refractivity contribution in [2.24, 2.45) is 4.99 Å². The average molecular weight is 433 g/mol. The van der Waals surface area contributed by atoms with E-state index in [0.29, 0.717) is 22.4 Å². The van der Waals surface area contributed by atoms with E-state index in [9.17, 15) is 19.7 Å². The molecule has 0 bridgehead atoms. The molecule has 1 fully saturated rings. The maximum absolute atomic E-state index is 12.7. The molecular formula is C19H17ClN4O4S. The molecule has 0 aliphatic carbocycles. The third-order valence-corrected chi connectivity index (χ3v) is 5.56. The summed E-state index contributed by atoms with van der Waals surface area (Å²) in [6, 6.07) is 12.8. The Bertz CT molecular complexity index is 980. The van der Waals surface area contributed by atoms with Gasteiger partial charge in [0.05, 0.1) is 10.6 Å². The molecule has 3 rings (SSSR count). The van der Waals surface area contributed by atoms with Crippen LogP contribution in [0.2, 0.25) is 5.02 Å². The number of amides is 2. The van der Waals surface area contributed by atoms with Gasteiger partial charge in [0.15, 0.2) is 5.17 Å². The maximum atomic E-state index is 12.7. The van der Waals surface area contributed by atoms with Gasteiger partial charge in [0, 0.05) is 24.1 Å². The number of nitro benzene ring substituents is 1. The van der Waals surface area contributed by atoms with Crippen molar-refractivity contribution >= 4 is 57.4 Å². The molecule has 2 aromatic rings. The molecule has 150 valence electrons. The van der Waals surface area contributed by atoms with Crippen LogP contribution in [-0.4, -0.2) is 38.6 Å². The molecular weight excluding hydrogens is 416 g/mol. The summed E-state index contributed by atoms with van der Waals surface area (Å²) in [5.41, 5.74) is 0.542. The highest BCUT2D eigenvalue weighted by Crippen LogP contribution is 2.32. The number of anilines is 1. The number of aliphatic imine (C=N–C) groups is 1. The summed E-state index contributed by atoms with van der Waals surface area (Å²) in [6.45, 7) is 2.24. The number of nitrogens with zero attached hydrogens (tertiary/aromatic N) is 3. The Morgan fingerprint density at radius 2 is 1.97 bits per heavy atom.